The summed E-state index contributed by atoms with van der Waals surface area (Å²) in [5, 5.41) is 6.64. The van der Waals surface area contributed by atoms with E-state index in [9.17, 15) is 13.2 Å². The maximum Gasteiger partial charge on any atom is 0.422 e. The second kappa shape index (κ2) is 8.80. The van der Waals surface area contributed by atoms with Crippen molar-refractivity contribution in [1.82, 2.24) is 10.6 Å². The second-order valence-electron chi connectivity index (χ2n) is 5.87. The maximum atomic E-state index is 12.1. The molecule has 1 saturated carbocycles. The number of nitrogens with one attached hydrogen (secondary N) is 2. The van der Waals surface area contributed by atoms with E-state index >= 15 is 0 Å². The van der Waals surface area contributed by atoms with Crippen molar-refractivity contribution >= 4 is 5.96 Å². The van der Waals surface area contributed by atoms with E-state index in [0.717, 1.165) is 30.9 Å². The highest BCUT2D eigenvalue weighted by Gasteiger charge is 2.28. The molecular formula is C17H24F3N3O. The van der Waals surface area contributed by atoms with Gasteiger partial charge in [0.1, 0.15) is 5.75 Å². The van der Waals surface area contributed by atoms with Gasteiger partial charge in [-0.2, -0.15) is 13.2 Å². The second-order valence-corrected chi connectivity index (χ2v) is 5.87. The molecule has 0 unspecified atom stereocenters. The Hall–Kier alpha value is -1.92. The van der Waals surface area contributed by atoms with E-state index in [-0.39, 0.29) is 5.75 Å². The third-order valence-electron chi connectivity index (χ3n) is 3.79. The predicted molar refractivity (Wildman–Crippen MR) is 88.2 cm³/mol. The molecule has 1 aromatic carbocycles. The maximum absolute atomic E-state index is 12.1. The van der Waals surface area contributed by atoms with Crippen molar-refractivity contribution in [3.63, 3.8) is 0 Å². The third-order valence-corrected chi connectivity index (χ3v) is 3.79. The van der Waals surface area contributed by atoms with Crippen molar-refractivity contribution in [2.75, 3.05) is 13.2 Å². The van der Waals surface area contributed by atoms with Gasteiger partial charge >= 0.3 is 6.18 Å². The van der Waals surface area contributed by atoms with E-state index in [2.05, 4.69) is 15.6 Å². The van der Waals surface area contributed by atoms with Crippen LogP contribution in [-0.2, 0) is 6.54 Å². The first-order chi connectivity index (χ1) is 11.5. The van der Waals surface area contributed by atoms with Gasteiger partial charge in [-0.05, 0) is 37.5 Å². The van der Waals surface area contributed by atoms with E-state index in [1.54, 1.807) is 12.1 Å². The van der Waals surface area contributed by atoms with Crippen LogP contribution >= 0.6 is 0 Å². The summed E-state index contributed by atoms with van der Waals surface area (Å²) >= 11 is 0. The van der Waals surface area contributed by atoms with Crippen LogP contribution in [-0.4, -0.2) is 31.3 Å². The largest absolute Gasteiger partial charge is 0.484 e. The standard InChI is InChI=1S/C17H24F3N3O/c1-2-21-16(23-14-5-3-4-6-14)22-11-13-7-9-15(10-8-13)24-12-17(18,19)20/h7-10,14H,2-6,11-12H2,1H3,(H2,21,22,23). The van der Waals surface area contributed by atoms with Crippen LogP contribution in [0, 0.1) is 0 Å². The number of rotatable bonds is 6. The fourth-order valence-corrected chi connectivity index (χ4v) is 2.61. The van der Waals surface area contributed by atoms with Crippen LogP contribution in [0.25, 0.3) is 0 Å². The van der Waals surface area contributed by atoms with Gasteiger partial charge in [-0.15, -0.1) is 0 Å². The van der Waals surface area contributed by atoms with Crippen LogP contribution in [0.3, 0.4) is 0 Å². The zero-order valence-corrected chi connectivity index (χ0v) is 13.8. The molecule has 0 saturated heterocycles. The molecule has 0 bridgehead atoms. The Morgan fingerprint density at radius 1 is 1.21 bits per heavy atom. The minimum atomic E-state index is -4.32. The number of hydrogen-bond acceptors (Lipinski definition) is 2. The van der Waals surface area contributed by atoms with E-state index in [1.165, 1.54) is 25.0 Å². The lowest BCUT2D eigenvalue weighted by Gasteiger charge is -2.16. The van der Waals surface area contributed by atoms with Crippen molar-refractivity contribution in [2.45, 2.75) is 51.4 Å². The van der Waals surface area contributed by atoms with Crippen molar-refractivity contribution < 1.29 is 17.9 Å². The lowest BCUT2D eigenvalue weighted by Crippen LogP contribution is -2.42. The zero-order valence-electron chi connectivity index (χ0n) is 13.8. The van der Waals surface area contributed by atoms with Gasteiger partial charge in [-0.25, -0.2) is 4.99 Å². The molecule has 2 N–H and O–H groups in total. The van der Waals surface area contributed by atoms with Crippen LogP contribution in [0.2, 0.25) is 0 Å². The normalized spacial score (nSPS) is 16.2. The van der Waals surface area contributed by atoms with E-state index in [1.807, 2.05) is 6.92 Å². The highest BCUT2D eigenvalue weighted by molar-refractivity contribution is 5.80. The smallest absolute Gasteiger partial charge is 0.422 e. The topological polar surface area (TPSA) is 45.7 Å². The highest BCUT2D eigenvalue weighted by atomic mass is 19.4. The number of guanidine groups is 1. The van der Waals surface area contributed by atoms with Crippen molar-refractivity contribution in [1.29, 1.82) is 0 Å². The molecule has 2 rings (SSSR count). The molecule has 0 aromatic heterocycles. The summed E-state index contributed by atoms with van der Waals surface area (Å²) in [6.45, 7) is 1.98. The lowest BCUT2D eigenvalue weighted by molar-refractivity contribution is -0.153. The molecule has 0 amide bonds. The number of nitrogens with zero attached hydrogens (tertiary/aromatic N) is 1. The highest BCUT2D eigenvalue weighted by Crippen LogP contribution is 2.19. The summed E-state index contributed by atoms with van der Waals surface area (Å²) in [6.07, 6.45) is 0.494. The number of ether oxygens (including phenoxy) is 1. The van der Waals surface area contributed by atoms with Gasteiger partial charge < -0.3 is 15.4 Å². The summed E-state index contributed by atoms with van der Waals surface area (Å²) in [7, 11) is 0. The Morgan fingerprint density at radius 2 is 1.88 bits per heavy atom. The first-order valence-corrected chi connectivity index (χ1v) is 8.29. The Kier molecular flexibility index (Phi) is 6.75. The van der Waals surface area contributed by atoms with Gasteiger partial charge in [-0.3, -0.25) is 0 Å². The third kappa shape index (κ3) is 6.68. The predicted octanol–water partition coefficient (Wildman–Crippen LogP) is 3.63. The molecule has 0 spiro atoms. The van der Waals surface area contributed by atoms with E-state index in [0.29, 0.717) is 12.6 Å². The molecule has 7 heteroatoms. The zero-order chi connectivity index (χ0) is 17.4. The number of benzene rings is 1. The molecule has 0 heterocycles. The Labute approximate surface area is 140 Å². The summed E-state index contributed by atoms with van der Waals surface area (Å²) < 4.78 is 41.0. The minimum absolute atomic E-state index is 0.205. The van der Waals surface area contributed by atoms with E-state index < -0.39 is 12.8 Å². The van der Waals surface area contributed by atoms with Crippen LogP contribution in [0.5, 0.6) is 5.75 Å². The quantitative estimate of drug-likeness (QED) is 0.612. The molecule has 0 atom stereocenters. The molecule has 4 nitrogen and oxygen atoms in total. The average Bonchev–Trinajstić information content (AvgIpc) is 3.04. The van der Waals surface area contributed by atoms with Gasteiger partial charge in [0.25, 0.3) is 0 Å². The molecule has 1 aliphatic rings. The van der Waals surface area contributed by atoms with Crippen LogP contribution < -0.4 is 15.4 Å². The molecule has 1 fully saturated rings. The van der Waals surface area contributed by atoms with Gasteiger partial charge in [-0.1, -0.05) is 25.0 Å². The number of halogens is 3. The fourth-order valence-electron chi connectivity index (χ4n) is 2.61. The first kappa shape index (κ1) is 18.4. The average molecular weight is 343 g/mol. The van der Waals surface area contributed by atoms with Crippen LogP contribution in [0.4, 0.5) is 13.2 Å². The van der Waals surface area contributed by atoms with Crippen molar-refractivity contribution in [3.05, 3.63) is 29.8 Å². The summed E-state index contributed by atoms with van der Waals surface area (Å²) in [4.78, 5) is 4.54. The van der Waals surface area contributed by atoms with Crippen LogP contribution in [0.1, 0.15) is 38.2 Å². The molecular weight excluding hydrogens is 319 g/mol. The number of hydrogen-bond donors (Lipinski definition) is 2. The Balaban J connectivity index is 1.88. The van der Waals surface area contributed by atoms with Crippen LogP contribution in [0.15, 0.2) is 29.3 Å². The number of aliphatic imine (C=N–C) groups is 1. The monoisotopic (exact) mass is 343 g/mol. The molecule has 0 aliphatic heterocycles. The fraction of sp³-hybridized carbons (Fsp3) is 0.588. The van der Waals surface area contributed by atoms with Crippen molar-refractivity contribution in [3.8, 4) is 5.75 Å². The first-order valence-electron chi connectivity index (χ1n) is 8.29. The van der Waals surface area contributed by atoms with E-state index in [4.69, 9.17) is 4.74 Å². The number of alkyl halides is 3. The molecule has 0 radical (unpaired) electrons. The molecule has 1 aliphatic carbocycles. The molecule has 134 valence electrons. The van der Waals surface area contributed by atoms with Gasteiger partial charge in [0.05, 0.1) is 6.54 Å². The lowest BCUT2D eigenvalue weighted by atomic mass is 10.2. The summed E-state index contributed by atoms with van der Waals surface area (Å²) in [5.41, 5.74) is 0.915. The van der Waals surface area contributed by atoms with Gasteiger partial charge in [0.2, 0.25) is 0 Å². The Bertz CT molecular complexity index is 523. The minimum Gasteiger partial charge on any atom is -0.484 e. The van der Waals surface area contributed by atoms with Gasteiger partial charge in [0, 0.05) is 12.6 Å². The van der Waals surface area contributed by atoms with Gasteiger partial charge in [0.15, 0.2) is 12.6 Å². The molecule has 1 aromatic rings. The SMILES string of the molecule is CCNC(=NCc1ccc(OCC(F)(F)F)cc1)NC1CCCC1. The van der Waals surface area contributed by atoms with Crippen molar-refractivity contribution in [2.24, 2.45) is 4.99 Å². The summed E-state index contributed by atoms with van der Waals surface area (Å²) in [6, 6.07) is 7.01. The summed E-state index contributed by atoms with van der Waals surface area (Å²) in [5.74, 6) is 0.984. The Morgan fingerprint density at radius 3 is 2.46 bits per heavy atom. The molecule has 24 heavy (non-hydrogen) atoms.